The molecule has 2 heterocycles. The number of anilines is 1. The number of hydrogen-bond acceptors (Lipinski definition) is 4. The van der Waals surface area contributed by atoms with Gasteiger partial charge in [0.2, 0.25) is 10.0 Å². The number of nitrogens with zero attached hydrogens (tertiary/aromatic N) is 2. The van der Waals surface area contributed by atoms with Gasteiger partial charge in [-0.05, 0) is 67.6 Å². The molecule has 1 fully saturated rings. The Morgan fingerprint density at radius 2 is 1.88 bits per heavy atom. The van der Waals surface area contributed by atoms with E-state index in [9.17, 15) is 8.42 Å². The van der Waals surface area contributed by atoms with E-state index in [1.54, 1.807) is 24.4 Å². The van der Waals surface area contributed by atoms with E-state index < -0.39 is 10.0 Å². The summed E-state index contributed by atoms with van der Waals surface area (Å²) in [5.41, 5.74) is 3.31. The molecular weight excluding hydrogens is 465 g/mol. The molecule has 5 nitrogen and oxygen atoms in total. The van der Waals surface area contributed by atoms with Crippen LogP contribution in [0.25, 0.3) is 0 Å². The minimum absolute atomic E-state index is 0.0913. The van der Waals surface area contributed by atoms with E-state index in [4.69, 9.17) is 23.2 Å². The number of aromatic nitrogens is 1. The van der Waals surface area contributed by atoms with Crippen molar-refractivity contribution >= 4 is 38.9 Å². The van der Waals surface area contributed by atoms with Gasteiger partial charge in [-0.25, -0.2) is 13.1 Å². The average molecular weight is 490 g/mol. The second kappa shape index (κ2) is 9.79. The Hall–Kier alpha value is -2.12. The van der Waals surface area contributed by atoms with Crippen molar-refractivity contribution in [2.45, 2.75) is 30.7 Å². The van der Waals surface area contributed by atoms with E-state index in [1.165, 1.54) is 11.8 Å². The maximum Gasteiger partial charge on any atom is 0.242 e. The van der Waals surface area contributed by atoms with E-state index in [0.717, 1.165) is 24.1 Å². The van der Waals surface area contributed by atoms with Crippen LogP contribution in [-0.4, -0.2) is 26.5 Å². The summed E-state index contributed by atoms with van der Waals surface area (Å²) in [6.45, 7) is 3.13. The van der Waals surface area contributed by atoms with Crippen molar-refractivity contribution in [3.63, 3.8) is 0 Å². The number of halogens is 2. The number of rotatable bonds is 6. The van der Waals surface area contributed by atoms with Gasteiger partial charge in [0.25, 0.3) is 0 Å². The van der Waals surface area contributed by atoms with E-state index in [1.807, 2.05) is 12.1 Å². The zero-order chi connectivity index (χ0) is 22.7. The number of nitrogens with one attached hydrogen (secondary N) is 1. The molecule has 8 heteroatoms. The van der Waals surface area contributed by atoms with Gasteiger partial charge in [0.1, 0.15) is 4.90 Å². The lowest BCUT2D eigenvalue weighted by molar-refractivity contribution is 0.358. The molecular formula is C24H25Cl2N3O2S. The third-order valence-electron chi connectivity index (χ3n) is 5.87. The first kappa shape index (κ1) is 23.1. The van der Waals surface area contributed by atoms with Crippen molar-refractivity contribution < 1.29 is 8.42 Å². The monoisotopic (exact) mass is 489 g/mol. The molecule has 2 aromatic carbocycles. The van der Waals surface area contributed by atoms with Crippen LogP contribution in [0.2, 0.25) is 10.0 Å². The predicted molar refractivity (Wildman–Crippen MR) is 130 cm³/mol. The molecule has 1 N–H and O–H groups in total. The summed E-state index contributed by atoms with van der Waals surface area (Å²) in [6.07, 6.45) is 4.65. The normalized spacial score (nSPS) is 19.2. The van der Waals surface area contributed by atoms with Crippen molar-refractivity contribution in [3.8, 4) is 0 Å². The Morgan fingerprint density at radius 1 is 1.09 bits per heavy atom. The summed E-state index contributed by atoms with van der Waals surface area (Å²) in [4.78, 5) is 6.41. The van der Waals surface area contributed by atoms with Crippen LogP contribution in [0.4, 0.5) is 5.69 Å². The topological polar surface area (TPSA) is 62.3 Å². The molecule has 0 bridgehead atoms. The lowest BCUT2D eigenvalue weighted by Crippen LogP contribution is -2.42. The maximum absolute atomic E-state index is 12.6. The first-order valence-corrected chi connectivity index (χ1v) is 12.8. The van der Waals surface area contributed by atoms with Crippen LogP contribution in [0, 0.1) is 12.8 Å². The van der Waals surface area contributed by atoms with Gasteiger partial charge in [0.05, 0.1) is 6.04 Å². The molecule has 4 rings (SSSR count). The highest BCUT2D eigenvalue weighted by Gasteiger charge is 2.31. The molecule has 0 aliphatic carbocycles. The van der Waals surface area contributed by atoms with Crippen molar-refractivity contribution in [1.82, 2.24) is 9.71 Å². The van der Waals surface area contributed by atoms with Crippen LogP contribution < -0.4 is 9.62 Å². The van der Waals surface area contributed by atoms with E-state index in [0.29, 0.717) is 23.1 Å². The summed E-state index contributed by atoms with van der Waals surface area (Å²) < 4.78 is 28.0. The minimum Gasteiger partial charge on any atom is -0.364 e. The molecule has 0 saturated carbocycles. The SMILES string of the molecule is Cc1ccc(N2CC(CNS(=O)(=O)c3cccnc3)CCC2c2ccc(Cl)cc2Cl)cc1. The van der Waals surface area contributed by atoms with Crippen molar-refractivity contribution in [1.29, 1.82) is 0 Å². The smallest absolute Gasteiger partial charge is 0.242 e. The summed E-state index contributed by atoms with van der Waals surface area (Å²) in [5.74, 6) is 0.157. The van der Waals surface area contributed by atoms with E-state index >= 15 is 0 Å². The minimum atomic E-state index is -3.59. The van der Waals surface area contributed by atoms with Gasteiger partial charge in [-0.3, -0.25) is 4.98 Å². The highest BCUT2D eigenvalue weighted by atomic mass is 35.5. The maximum atomic E-state index is 12.6. The molecule has 1 saturated heterocycles. The second-order valence-corrected chi connectivity index (χ2v) is 10.8. The van der Waals surface area contributed by atoms with Crippen LogP contribution in [0.1, 0.15) is 30.0 Å². The Bertz CT molecular complexity index is 1170. The van der Waals surface area contributed by atoms with Gasteiger partial charge in [-0.15, -0.1) is 0 Å². The van der Waals surface area contributed by atoms with Crippen molar-refractivity contribution in [2.75, 3.05) is 18.0 Å². The summed E-state index contributed by atoms with van der Waals surface area (Å²) in [7, 11) is -3.59. The van der Waals surface area contributed by atoms with Gasteiger partial charge >= 0.3 is 0 Å². The molecule has 1 aromatic heterocycles. The van der Waals surface area contributed by atoms with Gasteiger partial charge in [0.15, 0.2) is 0 Å². The lowest BCUT2D eigenvalue weighted by atomic mass is 9.88. The Morgan fingerprint density at radius 3 is 2.56 bits per heavy atom. The first-order chi connectivity index (χ1) is 15.3. The van der Waals surface area contributed by atoms with Gasteiger partial charge in [-0.2, -0.15) is 0 Å². The fourth-order valence-electron chi connectivity index (χ4n) is 4.15. The molecule has 0 spiro atoms. The number of piperidine rings is 1. The summed E-state index contributed by atoms with van der Waals surface area (Å²) in [6, 6.07) is 17.3. The van der Waals surface area contributed by atoms with Gasteiger partial charge in [-0.1, -0.05) is 47.0 Å². The molecule has 3 aromatic rings. The molecule has 2 atom stereocenters. The first-order valence-electron chi connectivity index (χ1n) is 10.5. The predicted octanol–water partition coefficient (Wildman–Crippen LogP) is 5.63. The molecule has 0 amide bonds. The van der Waals surface area contributed by atoms with Crippen LogP contribution in [0.15, 0.2) is 71.9 Å². The largest absolute Gasteiger partial charge is 0.364 e. The van der Waals surface area contributed by atoms with E-state index in [-0.39, 0.29) is 16.9 Å². The molecule has 1 aliphatic rings. The van der Waals surface area contributed by atoms with Crippen molar-refractivity contribution in [2.24, 2.45) is 5.92 Å². The van der Waals surface area contributed by atoms with Gasteiger partial charge in [0, 0.05) is 41.2 Å². The van der Waals surface area contributed by atoms with Crippen molar-refractivity contribution in [3.05, 3.63) is 88.2 Å². The third kappa shape index (κ3) is 5.26. The molecule has 1 aliphatic heterocycles. The Balaban J connectivity index is 1.55. The van der Waals surface area contributed by atoms with E-state index in [2.05, 4.69) is 45.8 Å². The summed E-state index contributed by atoms with van der Waals surface area (Å²) in [5, 5.41) is 1.26. The fourth-order valence-corrected chi connectivity index (χ4v) is 5.76. The summed E-state index contributed by atoms with van der Waals surface area (Å²) >= 11 is 12.7. The number of pyridine rings is 1. The van der Waals surface area contributed by atoms with Crippen LogP contribution in [0.5, 0.6) is 0 Å². The van der Waals surface area contributed by atoms with Gasteiger partial charge < -0.3 is 4.90 Å². The molecule has 168 valence electrons. The Labute approximate surface area is 199 Å². The number of hydrogen-bond donors (Lipinski definition) is 1. The quantitative estimate of drug-likeness (QED) is 0.486. The molecule has 32 heavy (non-hydrogen) atoms. The zero-order valence-electron chi connectivity index (χ0n) is 17.7. The highest BCUT2D eigenvalue weighted by Crippen LogP contribution is 2.40. The average Bonchev–Trinajstić information content (AvgIpc) is 2.79. The number of benzene rings is 2. The third-order valence-corrected chi connectivity index (χ3v) is 7.84. The lowest BCUT2D eigenvalue weighted by Gasteiger charge is -2.42. The van der Waals surface area contributed by atoms with Crippen LogP contribution in [-0.2, 0) is 10.0 Å². The number of aryl methyl sites for hydroxylation is 1. The van der Waals surface area contributed by atoms with Crippen LogP contribution >= 0.6 is 23.2 Å². The molecule has 0 radical (unpaired) electrons. The standard InChI is InChI=1S/C24H25Cl2N3O2S/c1-17-4-8-20(9-5-17)29-16-18(14-28-32(30,31)21-3-2-12-27-15-21)6-11-24(29)22-10-7-19(25)13-23(22)26/h2-5,7-10,12-13,15,18,24,28H,6,11,14,16H2,1H3. The second-order valence-electron chi connectivity index (χ2n) is 8.15. The molecule has 2 unspecified atom stereocenters. The van der Waals surface area contributed by atoms with Crippen LogP contribution in [0.3, 0.4) is 0 Å². The zero-order valence-corrected chi connectivity index (χ0v) is 20.0. The number of sulfonamides is 1. The fraction of sp³-hybridized carbons (Fsp3) is 0.292. The highest BCUT2D eigenvalue weighted by molar-refractivity contribution is 7.89. The Kier molecular flexibility index (Phi) is 7.05.